The normalized spacial score (nSPS) is 24.8. The Morgan fingerprint density at radius 3 is 2.96 bits per heavy atom. The minimum Gasteiger partial charge on any atom is -0.465 e. The molecule has 1 aromatic rings. The number of hydrogen-bond acceptors (Lipinski definition) is 7. The number of nitrogens with one attached hydrogen (secondary N) is 1. The molecule has 124 valence electrons. The summed E-state index contributed by atoms with van der Waals surface area (Å²) in [4.78, 5) is 32.2. The molecule has 3 rings (SSSR count). The molecule has 23 heavy (non-hydrogen) atoms. The minimum absolute atomic E-state index is 0.236. The lowest BCUT2D eigenvalue weighted by atomic mass is 9.96. The molecule has 8 heteroatoms. The quantitative estimate of drug-likeness (QED) is 0.651. The van der Waals surface area contributed by atoms with Crippen molar-refractivity contribution in [2.75, 3.05) is 32.9 Å². The molecule has 3 heterocycles. The standard InChI is InChI=1S/C15H19N3O4S/c1-2-22-14(20)11-12(10-4-3-9-23-10)16-15(17-13(11)19)18-5-7-21-8-6-18/h3-4,9,11-12H,2,5-8H2,1H3,(H,16,17,19)/t11-,12-/m1/s1. The van der Waals surface area contributed by atoms with Crippen LogP contribution in [-0.2, 0) is 19.1 Å². The molecular formula is C15H19N3O4S. The maximum Gasteiger partial charge on any atom is 0.321 e. The molecule has 0 bridgehead atoms. The third-order valence-corrected chi connectivity index (χ3v) is 4.72. The maximum absolute atomic E-state index is 12.5. The molecule has 1 N–H and O–H groups in total. The van der Waals surface area contributed by atoms with Crippen LogP contribution in [0.3, 0.4) is 0 Å². The first-order valence-electron chi connectivity index (χ1n) is 7.62. The van der Waals surface area contributed by atoms with Gasteiger partial charge in [0.2, 0.25) is 11.9 Å². The van der Waals surface area contributed by atoms with Gasteiger partial charge < -0.3 is 14.4 Å². The first kappa shape index (κ1) is 15.9. The van der Waals surface area contributed by atoms with Crippen molar-refractivity contribution >= 4 is 29.2 Å². The molecule has 2 aliphatic rings. The molecule has 2 aliphatic heterocycles. The molecule has 0 spiro atoms. The highest BCUT2D eigenvalue weighted by Crippen LogP contribution is 2.33. The molecule has 0 saturated carbocycles. The number of thiophene rings is 1. The van der Waals surface area contributed by atoms with Crippen LogP contribution in [0.2, 0.25) is 0 Å². The van der Waals surface area contributed by atoms with Gasteiger partial charge in [-0.2, -0.15) is 0 Å². The van der Waals surface area contributed by atoms with Gasteiger partial charge in [-0.3, -0.25) is 14.9 Å². The summed E-state index contributed by atoms with van der Waals surface area (Å²) in [6.45, 7) is 4.49. The lowest BCUT2D eigenvalue weighted by molar-refractivity contribution is -0.153. The van der Waals surface area contributed by atoms with Gasteiger partial charge in [0.1, 0.15) is 6.04 Å². The van der Waals surface area contributed by atoms with Gasteiger partial charge in [0.15, 0.2) is 5.92 Å². The number of carbonyl (C=O) groups is 2. The van der Waals surface area contributed by atoms with E-state index in [1.807, 2.05) is 22.4 Å². The fourth-order valence-electron chi connectivity index (χ4n) is 2.66. The molecule has 7 nitrogen and oxygen atoms in total. The number of rotatable bonds is 3. The van der Waals surface area contributed by atoms with Crippen LogP contribution < -0.4 is 5.32 Å². The first-order valence-corrected chi connectivity index (χ1v) is 8.50. The van der Waals surface area contributed by atoms with E-state index in [1.54, 1.807) is 6.92 Å². The topological polar surface area (TPSA) is 80.2 Å². The van der Waals surface area contributed by atoms with E-state index < -0.39 is 17.9 Å². The fraction of sp³-hybridized carbons (Fsp3) is 0.533. The van der Waals surface area contributed by atoms with Gasteiger partial charge in [0, 0.05) is 18.0 Å². The van der Waals surface area contributed by atoms with Crippen molar-refractivity contribution in [1.29, 1.82) is 0 Å². The Bertz CT molecular complexity index is 596. The maximum atomic E-state index is 12.5. The van der Waals surface area contributed by atoms with Crippen LogP contribution in [0.15, 0.2) is 22.5 Å². The fourth-order valence-corrected chi connectivity index (χ4v) is 3.46. The second-order valence-electron chi connectivity index (χ2n) is 5.23. The molecule has 0 radical (unpaired) electrons. The molecule has 1 amide bonds. The zero-order valence-corrected chi connectivity index (χ0v) is 13.7. The summed E-state index contributed by atoms with van der Waals surface area (Å²) in [5.74, 6) is -1.33. The van der Waals surface area contributed by atoms with E-state index >= 15 is 0 Å². The van der Waals surface area contributed by atoms with Crippen LogP contribution in [-0.4, -0.2) is 55.6 Å². The SMILES string of the molecule is CCOC(=O)[C@H]1C(=O)NC(N2CCOCC2)=N[C@@H]1c1cccs1. The Labute approximate surface area is 138 Å². The Kier molecular flexibility index (Phi) is 4.92. The summed E-state index contributed by atoms with van der Waals surface area (Å²) in [5, 5.41) is 4.66. The smallest absolute Gasteiger partial charge is 0.321 e. The predicted octanol–water partition coefficient (Wildman–Crippen LogP) is 0.787. The number of ether oxygens (including phenoxy) is 2. The zero-order valence-electron chi connectivity index (χ0n) is 12.9. The summed E-state index contributed by atoms with van der Waals surface area (Å²) >= 11 is 1.48. The van der Waals surface area contributed by atoms with Crippen LogP contribution in [0.5, 0.6) is 0 Å². The summed E-state index contributed by atoms with van der Waals surface area (Å²) in [6, 6.07) is 3.24. The van der Waals surface area contributed by atoms with E-state index in [2.05, 4.69) is 10.3 Å². The Hall–Kier alpha value is -1.93. The number of guanidine groups is 1. The van der Waals surface area contributed by atoms with Crippen molar-refractivity contribution < 1.29 is 19.1 Å². The molecule has 1 saturated heterocycles. The molecule has 0 aromatic carbocycles. The average molecular weight is 337 g/mol. The summed E-state index contributed by atoms with van der Waals surface area (Å²) in [5.41, 5.74) is 0. The average Bonchev–Trinajstić information content (AvgIpc) is 3.09. The van der Waals surface area contributed by atoms with Crippen molar-refractivity contribution in [2.45, 2.75) is 13.0 Å². The number of hydrogen-bond donors (Lipinski definition) is 1. The highest BCUT2D eigenvalue weighted by molar-refractivity contribution is 7.10. The van der Waals surface area contributed by atoms with Gasteiger partial charge in [-0.05, 0) is 18.4 Å². The van der Waals surface area contributed by atoms with Crippen molar-refractivity contribution in [3.8, 4) is 0 Å². The minimum atomic E-state index is -0.946. The highest BCUT2D eigenvalue weighted by Gasteiger charge is 2.42. The monoisotopic (exact) mass is 337 g/mol. The van der Waals surface area contributed by atoms with Gasteiger partial charge in [0.25, 0.3) is 0 Å². The largest absolute Gasteiger partial charge is 0.465 e. The second kappa shape index (κ2) is 7.10. The predicted molar refractivity (Wildman–Crippen MR) is 85.2 cm³/mol. The lowest BCUT2D eigenvalue weighted by Crippen LogP contribution is -2.55. The van der Waals surface area contributed by atoms with E-state index in [0.29, 0.717) is 32.3 Å². The van der Waals surface area contributed by atoms with Gasteiger partial charge in [-0.15, -0.1) is 11.3 Å². The summed E-state index contributed by atoms with van der Waals surface area (Å²) in [6.07, 6.45) is 0. The number of amides is 1. The van der Waals surface area contributed by atoms with Crippen molar-refractivity contribution in [3.63, 3.8) is 0 Å². The highest BCUT2D eigenvalue weighted by atomic mass is 32.1. The van der Waals surface area contributed by atoms with E-state index in [4.69, 9.17) is 9.47 Å². The van der Waals surface area contributed by atoms with E-state index in [0.717, 1.165) is 4.88 Å². The van der Waals surface area contributed by atoms with E-state index in [-0.39, 0.29) is 12.5 Å². The van der Waals surface area contributed by atoms with Crippen LogP contribution in [0.25, 0.3) is 0 Å². The molecule has 2 atom stereocenters. The Morgan fingerprint density at radius 1 is 1.52 bits per heavy atom. The number of aliphatic imine (C=N–C) groups is 1. The first-order chi connectivity index (χ1) is 11.2. The van der Waals surface area contributed by atoms with Gasteiger partial charge in [-0.1, -0.05) is 6.07 Å². The van der Waals surface area contributed by atoms with Crippen molar-refractivity contribution in [1.82, 2.24) is 10.2 Å². The van der Waals surface area contributed by atoms with Crippen molar-refractivity contribution in [3.05, 3.63) is 22.4 Å². The molecule has 0 unspecified atom stereocenters. The molecule has 1 fully saturated rings. The third-order valence-electron chi connectivity index (χ3n) is 3.78. The van der Waals surface area contributed by atoms with E-state index in [9.17, 15) is 9.59 Å². The summed E-state index contributed by atoms with van der Waals surface area (Å²) in [7, 11) is 0. The Balaban J connectivity index is 1.91. The van der Waals surface area contributed by atoms with Gasteiger partial charge in [-0.25, -0.2) is 4.99 Å². The number of esters is 1. The molecule has 0 aliphatic carbocycles. The van der Waals surface area contributed by atoms with Crippen LogP contribution in [0.4, 0.5) is 0 Å². The van der Waals surface area contributed by atoms with Gasteiger partial charge in [0.05, 0.1) is 19.8 Å². The number of morpholine rings is 1. The van der Waals surface area contributed by atoms with Crippen LogP contribution in [0.1, 0.15) is 17.8 Å². The Morgan fingerprint density at radius 2 is 2.30 bits per heavy atom. The van der Waals surface area contributed by atoms with Crippen LogP contribution in [0, 0.1) is 5.92 Å². The third kappa shape index (κ3) is 3.37. The number of carbonyl (C=O) groups excluding carboxylic acids is 2. The number of nitrogens with zero attached hydrogens (tertiary/aromatic N) is 2. The lowest BCUT2D eigenvalue weighted by Gasteiger charge is -2.34. The van der Waals surface area contributed by atoms with Crippen LogP contribution >= 0.6 is 11.3 Å². The van der Waals surface area contributed by atoms with Gasteiger partial charge >= 0.3 is 5.97 Å². The zero-order chi connectivity index (χ0) is 16.2. The molecular weight excluding hydrogens is 318 g/mol. The summed E-state index contributed by atoms with van der Waals surface area (Å²) < 4.78 is 10.4. The van der Waals surface area contributed by atoms with Crippen molar-refractivity contribution in [2.24, 2.45) is 10.9 Å². The second-order valence-corrected chi connectivity index (χ2v) is 6.21. The van der Waals surface area contributed by atoms with E-state index in [1.165, 1.54) is 11.3 Å². The molecule has 1 aromatic heterocycles.